The quantitative estimate of drug-likeness (QED) is 0.847. The molecule has 0 unspecified atom stereocenters. The molecule has 0 bridgehead atoms. The molecule has 1 N–H and O–H groups in total. The summed E-state index contributed by atoms with van der Waals surface area (Å²) in [5.41, 5.74) is 0. The van der Waals surface area contributed by atoms with Crippen molar-refractivity contribution >= 4 is 11.8 Å². The van der Waals surface area contributed by atoms with E-state index in [9.17, 15) is 14.0 Å². The average molecular weight is 350 g/mol. The Labute approximate surface area is 149 Å². The van der Waals surface area contributed by atoms with Gasteiger partial charge in [-0.3, -0.25) is 9.59 Å². The Balaban J connectivity index is 1.18. The summed E-state index contributed by atoms with van der Waals surface area (Å²) in [4.78, 5) is 27.0. The molecular formula is C20H31FN2O2. The molecule has 2 amide bonds. The maximum absolute atomic E-state index is 13.2. The first kappa shape index (κ1) is 17.3. The van der Waals surface area contributed by atoms with E-state index in [4.69, 9.17) is 0 Å². The first-order chi connectivity index (χ1) is 12.1. The van der Waals surface area contributed by atoms with Crippen molar-refractivity contribution in [2.45, 2.75) is 76.4 Å². The van der Waals surface area contributed by atoms with Gasteiger partial charge in [0.15, 0.2) is 0 Å². The van der Waals surface area contributed by atoms with Crippen molar-refractivity contribution in [2.75, 3.05) is 13.1 Å². The number of hydrogen-bond acceptors (Lipinski definition) is 2. The summed E-state index contributed by atoms with van der Waals surface area (Å²) in [6.07, 6.45) is 8.50. The number of nitrogens with zero attached hydrogens (tertiary/aromatic N) is 1. The van der Waals surface area contributed by atoms with Gasteiger partial charge in [-0.1, -0.05) is 19.3 Å². The lowest BCUT2D eigenvalue weighted by Crippen LogP contribution is -2.48. The van der Waals surface area contributed by atoms with E-state index in [1.165, 1.54) is 19.3 Å². The van der Waals surface area contributed by atoms with Crippen molar-refractivity contribution in [1.29, 1.82) is 0 Å². The van der Waals surface area contributed by atoms with E-state index in [2.05, 4.69) is 5.32 Å². The second-order valence-corrected chi connectivity index (χ2v) is 8.75. The molecule has 0 radical (unpaired) electrons. The second-order valence-electron chi connectivity index (χ2n) is 8.75. The zero-order valence-electron chi connectivity index (χ0n) is 15.1. The predicted molar refractivity (Wildman–Crippen MR) is 93.5 cm³/mol. The molecule has 25 heavy (non-hydrogen) atoms. The molecule has 2 atom stereocenters. The maximum atomic E-state index is 13.2. The lowest BCUT2D eigenvalue weighted by atomic mass is 9.81. The van der Waals surface area contributed by atoms with Gasteiger partial charge in [0, 0.05) is 31.0 Å². The Morgan fingerprint density at radius 3 is 2.20 bits per heavy atom. The molecule has 4 nitrogen and oxygen atoms in total. The number of carbonyl (C=O) groups excluding carboxylic acids is 2. The van der Waals surface area contributed by atoms with Crippen LogP contribution in [0.25, 0.3) is 0 Å². The number of halogens is 1. The molecule has 0 aromatic heterocycles. The second kappa shape index (κ2) is 7.24. The molecule has 1 heterocycles. The Morgan fingerprint density at radius 2 is 1.60 bits per heavy atom. The molecule has 1 saturated heterocycles. The zero-order valence-corrected chi connectivity index (χ0v) is 15.1. The van der Waals surface area contributed by atoms with E-state index in [-0.39, 0.29) is 17.9 Å². The summed E-state index contributed by atoms with van der Waals surface area (Å²) in [6, 6.07) is 0.182. The van der Waals surface area contributed by atoms with Gasteiger partial charge in [0.1, 0.15) is 6.17 Å². The minimum Gasteiger partial charge on any atom is -0.353 e. The number of carbonyl (C=O) groups is 2. The fraction of sp³-hybridized carbons (Fsp3) is 0.900. The van der Waals surface area contributed by atoms with Crippen LogP contribution in [0.3, 0.4) is 0 Å². The molecule has 4 fully saturated rings. The van der Waals surface area contributed by atoms with Crippen LogP contribution >= 0.6 is 0 Å². The summed E-state index contributed by atoms with van der Waals surface area (Å²) >= 11 is 0. The molecule has 5 heteroatoms. The van der Waals surface area contributed by atoms with Gasteiger partial charge in [-0.25, -0.2) is 4.39 Å². The highest BCUT2D eigenvalue weighted by Gasteiger charge is 2.50. The van der Waals surface area contributed by atoms with E-state index >= 15 is 0 Å². The third-order valence-corrected chi connectivity index (χ3v) is 7.09. The van der Waals surface area contributed by atoms with Crippen LogP contribution < -0.4 is 5.32 Å². The highest BCUT2D eigenvalue weighted by molar-refractivity contribution is 5.82. The van der Waals surface area contributed by atoms with Crippen LogP contribution in [0.15, 0.2) is 0 Å². The van der Waals surface area contributed by atoms with E-state index in [1.807, 2.05) is 4.90 Å². The normalized spacial score (nSPS) is 36.6. The Kier molecular flexibility index (Phi) is 5.01. The minimum absolute atomic E-state index is 0.0126. The molecule has 0 spiro atoms. The van der Waals surface area contributed by atoms with Crippen molar-refractivity contribution in [2.24, 2.45) is 23.7 Å². The average Bonchev–Trinajstić information content (AvgIpc) is 3.34. The van der Waals surface area contributed by atoms with Gasteiger partial charge in [0.2, 0.25) is 11.8 Å². The van der Waals surface area contributed by atoms with Crippen LogP contribution in [-0.2, 0) is 9.59 Å². The smallest absolute Gasteiger partial charge is 0.225 e. The van der Waals surface area contributed by atoms with Gasteiger partial charge in [-0.05, 0) is 56.8 Å². The summed E-state index contributed by atoms with van der Waals surface area (Å²) < 4.78 is 13.2. The monoisotopic (exact) mass is 350 g/mol. The molecular weight excluding hydrogens is 319 g/mol. The van der Waals surface area contributed by atoms with Crippen molar-refractivity contribution in [1.82, 2.24) is 10.2 Å². The van der Waals surface area contributed by atoms with Crippen LogP contribution in [0.5, 0.6) is 0 Å². The number of likely N-dealkylation sites (tertiary alicyclic amines) is 1. The predicted octanol–water partition coefficient (Wildman–Crippen LogP) is 3.06. The molecule has 3 aliphatic carbocycles. The fourth-order valence-electron chi connectivity index (χ4n) is 5.00. The van der Waals surface area contributed by atoms with Gasteiger partial charge in [-0.15, -0.1) is 0 Å². The molecule has 3 saturated carbocycles. The standard InChI is InChI=1S/C20H31FN2O2/c21-15-6-4-14(5-7-15)19(24)22-16-8-10-23(11-9-16)20(25)18-12-17(18)13-2-1-3-13/h13-18H,1-12H2,(H,22,24)/t14?,15?,17-,18+/m0/s1. The number of nitrogens with one attached hydrogen (secondary N) is 1. The zero-order chi connectivity index (χ0) is 17.4. The third kappa shape index (κ3) is 3.85. The Hall–Kier alpha value is -1.13. The SMILES string of the molecule is O=C(NC1CCN(C(=O)[C@@H]2C[C@H]2C2CCC2)CC1)C1CCC(F)CC1. The number of rotatable bonds is 4. The van der Waals surface area contributed by atoms with Crippen molar-refractivity contribution in [3.05, 3.63) is 0 Å². The summed E-state index contributed by atoms with van der Waals surface area (Å²) in [7, 11) is 0. The molecule has 4 rings (SSSR count). The van der Waals surface area contributed by atoms with Crippen LogP contribution in [0.2, 0.25) is 0 Å². The van der Waals surface area contributed by atoms with Crippen LogP contribution in [0.1, 0.15) is 64.2 Å². The minimum atomic E-state index is -0.718. The number of amides is 2. The topological polar surface area (TPSA) is 49.4 Å². The summed E-state index contributed by atoms with van der Waals surface area (Å²) in [5, 5.41) is 3.15. The van der Waals surface area contributed by atoms with Gasteiger partial charge >= 0.3 is 0 Å². The van der Waals surface area contributed by atoms with Crippen molar-refractivity contribution < 1.29 is 14.0 Å². The third-order valence-electron chi connectivity index (χ3n) is 7.09. The van der Waals surface area contributed by atoms with Crippen molar-refractivity contribution in [3.63, 3.8) is 0 Å². The van der Waals surface area contributed by atoms with Crippen LogP contribution in [-0.4, -0.2) is 42.0 Å². The maximum Gasteiger partial charge on any atom is 0.225 e. The molecule has 4 aliphatic rings. The van der Waals surface area contributed by atoms with Crippen LogP contribution in [0.4, 0.5) is 4.39 Å². The molecule has 0 aromatic rings. The van der Waals surface area contributed by atoms with Gasteiger partial charge in [0.05, 0.1) is 0 Å². The number of hydrogen-bond donors (Lipinski definition) is 1. The Morgan fingerprint density at radius 1 is 0.920 bits per heavy atom. The van der Waals surface area contributed by atoms with Gasteiger partial charge in [0.25, 0.3) is 0 Å². The summed E-state index contributed by atoms with van der Waals surface area (Å²) in [5.74, 6) is 2.25. The largest absolute Gasteiger partial charge is 0.353 e. The van der Waals surface area contributed by atoms with E-state index in [0.29, 0.717) is 43.4 Å². The van der Waals surface area contributed by atoms with E-state index < -0.39 is 6.17 Å². The summed E-state index contributed by atoms with van der Waals surface area (Å²) in [6.45, 7) is 1.55. The fourth-order valence-corrected chi connectivity index (χ4v) is 5.00. The lowest BCUT2D eigenvalue weighted by Gasteiger charge is -2.34. The van der Waals surface area contributed by atoms with E-state index in [1.54, 1.807) is 0 Å². The number of alkyl halides is 1. The number of piperidine rings is 1. The van der Waals surface area contributed by atoms with E-state index in [0.717, 1.165) is 38.3 Å². The Bertz CT molecular complexity index is 506. The molecule has 0 aromatic carbocycles. The highest BCUT2D eigenvalue weighted by Crippen LogP contribution is 2.52. The molecule has 140 valence electrons. The lowest BCUT2D eigenvalue weighted by molar-refractivity contribution is -0.134. The first-order valence-electron chi connectivity index (χ1n) is 10.3. The van der Waals surface area contributed by atoms with Crippen LogP contribution in [0, 0.1) is 23.7 Å². The first-order valence-corrected chi connectivity index (χ1v) is 10.3. The highest BCUT2D eigenvalue weighted by atomic mass is 19.1. The molecule has 1 aliphatic heterocycles. The van der Waals surface area contributed by atoms with Gasteiger partial charge < -0.3 is 10.2 Å². The van der Waals surface area contributed by atoms with Crippen molar-refractivity contribution in [3.8, 4) is 0 Å². The van der Waals surface area contributed by atoms with Gasteiger partial charge in [-0.2, -0.15) is 0 Å².